The molecule has 0 aromatic carbocycles. The molecule has 2 N–H and O–H groups in total. The van der Waals surface area contributed by atoms with Gasteiger partial charge in [-0.3, -0.25) is 0 Å². The molecule has 4 nitrogen and oxygen atoms in total. The fourth-order valence-electron chi connectivity index (χ4n) is 1.78. The molecule has 0 fully saturated rings. The Kier molecular flexibility index (Phi) is 2.37. The van der Waals surface area contributed by atoms with E-state index in [0.717, 1.165) is 24.7 Å². The van der Waals surface area contributed by atoms with Gasteiger partial charge in [-0.15, -0.1) is 0 Å². The van der Waals surface area contributed by atoms with Crippen molar-refractivity contribution in [3.05, 3.63) is 17.0 Å². The number of hydrogen-bond acceptors (Lipinski definition) is 4. The smallest absolute Gasteiger partial charge is 0.222 e. The average molecular weight is 192 g/mol. The minimum absolute atomic E-state index is 0.457. The molecule has 0 unspecified atom stereocenters. The highest BCUT2D eigenvalue weighted by Gasteiger charge is 2.19. The van der Waals surface area contributed by atoms with Crippen LogP contribution in [0.25, 0.3) is 0 Å². The van der Waals surface area contributed by atoms with Gasteiger partial charge in [0.05, 0.1) is 11.4 Å². The summed E-state index contributed by atoms with van der Waals surface area (Å²) in [4.78, 5) is 8.93. The van der Waals surface area contributed by atoms with E-state index in [9.17, 15) is 0 Å². The first kappa shape index (κ1) is 9.40. The van der Waals surface area contributed by atoms with Crippen molar-refractivity contribution in [2.24, 2.45) is 0 Å². The zero-order valence-corrected chi connectivity index (χ0v) is 8.89. The number of anilines is 1. The third-order valence-corrected chi connectivity index (χ3v) is 2.49. The lowest BCUT2D eigenvalue weighted by Crippen LogP contribution is -2.07. The molecule has 0 atom stereocenters. The third-order valence-electron chi connectivity index (χ3n) is 2.49. The van der Waals surface area contributed by atoms with Crippen LogP contribution in [0.2, 0.25) is 0 Å². The monoisotopic (exact) mass is 192 g/mol. The molecule has 14 heavy (non-hydrogen) atoms. The minimum Gasteiger partial charge on any atom is -0.357 e. The van der Waals surface area contributed by atoms with Gasteiger partial charge in [-0.05, 0) is 5.92 Å². The fraction of sp³-hybridized carbons (Fsp3) is 0.600. The van der Waals surface area contributed by atoms with Crippen LogP contribution in [0.1, 0.15) is 36.7 Å². The summed E-state index contributed by atoms with van der Waals surface area (Å²) in [5.74, 6) is 1.19. The van der Waals surface area contributed by atoms with Gasteiger partial charge in [0.2, 0.25) is 5.95 Å². The number of rotatable bonds is 2. The Labute approximate surface area is 84.2 Å². The molecule has 4 heteroatoms. The lowest BCUT2D eigenvalue weighted by Gasteiger charge is -2.11. The second-order valence-electron chi connectivity index (χ2n) is 3.87. The molecular weight excluding hydrogens is 176 g/mol. The quantitative estimate of drug-likeness (QED) is 0.740. The summed E-state index contributed by atoms with van der Waals surface area (Å²) in [5.41, 5.74) is 3.61. The van der Waals surface area contributed by atoms with Crippen molar-refractivity contribution < 1.29 is 0 Å². The van der Waals surface area contributed by atoms with Crippen molar-refractivity contribution in [1.29, 1.82) is 0 Å². The molecule has 2 heterocycles. The first-order valence-corrected chi connectivity index (χ1v) is 5.00. The Morgan fingerprint density at radius 2 is 2.07 bits per heavy atom. The van der Waals surface area contributed by atoms with Gasteiger partial charge in [-0.2, -0.15) is 0 Å². The standard InChI is InChI=1S/C10H16N4/c1-6(2)9-7-4-12-5-8(7)13-10(11-3)14-9/h6,12H,4-5H2,1-3H3,(H,11,13,14). The molecule has 0 aliphatic carbocycles. The van der Waals surface area contributed by atoms with Crippen LogP contribution in [0.15, 0.2) is 0 Å². The summed E-state index contributed by atoms with van der Waals surface area (Å²) >= 11 is 0. The second kappa shape index (κ2) is 3.53. The van der Waals surface area contributed by atoms with E-state index in [0.29, 0.717) is 5.92 Å². The molecule has 1 aromatic heterocycles. The molecule has 0 saturated carbocycles. The van der Waals surface area contributed by atoms with Crippen molar-refractivity contribution in [3.8, 4) is 0 Å². The molecular formula is C10H16N4. The summed E-state index contributed by atoms with van der Waals surface area (Å²) in [7, 11) is 1.86. The Bertz CT molecular complexity index is 346. The van der Waals surface area contributed by atoms with Gasteiger partial charge in [0, 0.05) is 25.7 Å². The van der Waals surface area contributed by atoms with E-state index >= 15 is 0 Å². The van der Waals surface area contributed by atoms with Crippen LogP contribution in [-0.2, 0) is 13.1 Å². The first-order valence-electron chi connectivity index (χ1n) is 5.00. The second-order valence-corrected chi connectivity index (χ2v) is 3.87. The molecule has 0 saturated heterocycles. The molecule has 76 valence electrons. The number of fused-ring (bicyclic) bond motifs is 1. The lowest BCUT2D eigenvalue weighted by atomic mass is 10.0. The van der Waals surface area contributed by atoms with E-state index in [1.54, 1.807) is 0 Å². The third kappa shape index (κ3) is 1.46. The molecule has 0 bridgehead atoms. The zero-order valence-electron chi connectivity index (χ0n) is 8.89. The van der Waals surface area contributed by atoms with Crippen LogP contribution in [0, 0.1) is 0 Å². The van der Waals surface area contributed by atoms with E-state index < -0.39 is 0 Å². The topological polar surface area (TPSA) is 49.8 Å². The Morgan fingerprint density at radius 1 is 1.29 bits per heavy atom. The predicted octanol–water partition coefficient (Wildman–Crippen LogP) is 1.24. The number of nitrogens with one attached hydrogen (secondary N) is 2. The van der Waals surface area contributed by atoms with Crippen molar-refractivity contribution in [1.82, 2.24) is 15.3 Å². The molecule has 2 rings (SSSR count). The average Bonchev–Trinajstić information content (AvgIpc) is 2.63. The zero-order chi connectivity index (χ0) is 10.1. The molecule has 0 amide bonds. The summed E-state index contributed by atoms with van der Waals surface area (Å²) in [6.45, 7) is 6.11. The SMILES string of the molecule is CNc1nc2c(c(C(C)C)n1)CNC2. The van der Waals surface area contributed by atoms with E-state index in [2.05, 4.69) is 34.4 Å². The lowest BCUT2D eigenvalue weighted by molar-refractivity contribution is 0.746. The van der Waals surface area contributed by atoms with Crippen molar-refractivity contribution in [2.75, 3.05) is 12.4 Å². The van der Waals surface area contributed by atoms with E-state index in [4.69, 9.17) is 0 Å². The van der Waals surface area contributed by atoms with Crippen LogP contribution in [-0.4, -0.2) is 17.0 Å². The highest BCUT2D eigenvalue weighted by molar-refractivity contribution is 5.37. The molecule has 1 aliphatic heterocycles. The van der Waals surface area contributed by atoms with Crippen molar-refractivity contribution >= 4 is 5.95 Å². The van der Waals surface area contributed by atoms with E-state index in [1.807, 2.05) is 7.05 Å². The van der Waals surface area contributed by atoms with Gasteiger partial charge in [0.15, 0.2) is 0 Å². The maximum absolute atomic E-state index is 4.50. The molecule has 0 radical (unpaired) electrons. The highest BCUT2D eigenvalue weighted by atomic mass is 15.1. The maximum atomic E-state index is 4.50. The van der Waals surface area contributed by atoms with Crippen LogP contribution < -0.4 is 10.6 Å². The Morgan fingerprint density at radius 3 is 2.71 bits per heavy atom. The van der Waals surface area contributed by atoms with Crippen LogP contribution in [0.5, 0.6) is 0 Å². The van der Waals surface area contributed by atoms with Gasteiger partial charge in [-0.1, -0.05) is 13.8 Å². The van der Waals surface area contributed by atoms with Gasteiger partial charge >= 0.3 is 0 Å². The maximum Gasteiger partial charge on any atom is 0.222 e. The molecule has 0 spiro atoms. The fourth-order valence-corrected chi connectivity index (χ4v) is 1.78. The van der Waals surface area contributed by atoms with Crippen molar-refractivity contribution in [2.45, 2.75) is 32.9 Å². The van der Waals surface area contributed by atoms with E-state index in [-0.39, 0.29) is 0 Å². The number of aromatic nitrogens is 2. The van der Waals surface area contributed by atoms with Crippen molar-refractivity contribution in [3.63, 3.8) is 0 Å². The van der Waals surface area contributed by atoms with E-state index in [1.165, 1.54) is 11.3 Å². The normalized spacial score (nSPS) is 14.6. The van der Waals surface area contributed by atoms with Gasteiger partial charge in [-0.25, -0.2) is 9.97 Å². The summed E-state index contributed by atoms with van der Waals surface area (Å²) in [6, 6.07) is 0. The van der Waals surface area contributed by atoms with Crippen LogP contribution >= 0.6 is 0 Å². The molecule has 1 aromatic rings. The van der Waals surface area contributed by atoms with Gasteiger partial charge in [0.25, 0.3) is 0 Å². The summed E-state index contributed by atoms with van der Waals surface area (Å²) in [5, 5.41) is 6.31. The first-order chi connectivity index (χ1) is 6.72. The van der Waals surface area contributed by atoms with Crippen LogP contribution in [0.4, 0.5) is 5.95 Å². The predicted molar refractivity (Wildman–Crippen MR) is 56.2 cm³/mol. The van der Waals surface area contributed by atoms with Crippen LogP contribution in [0.3, 0.4) is 0 Å². The Hall–Kier alpha value is -1.16. The molecule has 1 aliphatic rings. The number of nitrogens with zero attached hydrogens (tertiary/aromatic N) is 2. The number of hydrogen-bond donors (Lipinski definition) is 2. The largest absolute Gasteiger partial charge is 0.357 e. The van der Waals surface area contributed by atoms with Gasteiger partial charge < -0.3 is 10.6 Å². The Balaban J connectivity index is 2.52. The summed E-state index contributed by atoms with van der Waals surface area (Å²) in [6.07, 6.45) is 0. The minimum atomic E-state index is 0.457. The summed E-state index contributed by atoms with van der Waals surface area (Å²) < 4.78 is 0. The van der Waals surface area contributed by atoms with Gasteiger partial charge in [0.1, 0.15) is 0 Å². The highest BCUT2D eigenvalue weighted by Crippen LogP contribution is 2.24.